The molecule has 0 radical (unpaired) electrons. The van der Waals surface area contributed by atoms with Gasteiger partial charge in [0.15, 0.2) is 0 Å². The van der Waals surface area contributed by atoms with Gasteiger partial charge < -0.3 is 14.6 Å². The van der Waals surface area contributed by atoms with Crippen LogP contribution in [0.25, 0.3) is 0 Å². The van der Waals surface area contributed by atoms with Crippen LogP contribution >= 0.6 is 0 Å². The first-order chi connectivity index (χ1) is 17.0. The van der Waals surface area contributed by atoms with Gasteiger partial charge in [0.05, 0.1) is 11.3 Å². The Kier molecular flexibility index (Phi) is 9.45. The molecule has 2 aromatic carbocycles. The quantitative estimate of drug-likeness (QED) is 0.309. The van der Waals surface area contributed by atoms with Crippen molar-refractivity contribution < 1.29 is 18.3 Å². The van der Waals surface area contributed by atoms with E-state index in [1.807, 2.05) is 0 Å². The van der Waals surface area contributed by atoms with E-state index < -0.39 is 11.3 Å². The number of phenolic OH excluding ortho intramolecular Hbond substituents is 1. The topological polar surface area (TPSA) is 87.7 Å². The van der Waals surface area contributed by atoms with E-state index in [9.17, 15) is 14.1 Å². The minimum atomic E-state index is -1.90. The standard InChI is InChI=1S/C29H42N2O4S/c1-17(2)21-14-23(18(3)4)28(24(15-21)19(5)6)35-36(34)31-26-16-25(27(32)13-20(26)7)29(33)30-22-11-9-8-10-12-22/h13-19,22,31-32H,8-12H2,1-7H3,(H,30,33). The van der Waals surface area contributed by atoms with Crippen LogP contribution in [0.5, 0.6) is 11.5 Å². The Morgan fingerprint density at radius 2 is 1.53 bits per heavy atom. The number of phenols is 1. The largest absolute Gasteiger partial charge is 0.507 e. The third kappa shape index (κ3) is 6.81. The molecule has 0 saturated heterocycles. The van der Waals surface area contributed by atoms with Crippen molar-refractivity contribution in [2.75, 3.05) is 4.72 Å². The summed E-state index contributed by atoms with van der Waals surface area (Å²) in [6, 6.07) is 7.49. The van der Waals surface area contributed by atoms with E-state index in [0.29, 0.717) is 22.9 Å². The Labute approximate surface area is 219 Å². The fourth-order valence-electron chi connectivity index (χ4n) is 4.67. The fourth-order valence-corrected chi connectivity index (χ4v) is 5.45. The van der Waals surface area contributed by atoms with Crippen molar-refractivity contribution in [2.45, 2.75) is 104 Å². The summed E-state index contributed by atoms with van der Waals surface area (Å²) in [4.78, 5) is 12.9. The van der Waals surface area contributed by atoms with Crippen LogP contribution in [0.2, 0.25) is 0 Å². The molecule has 1 amide bonds. The molecule has 3 rings (SSSR count). The van der Waals surface area contributed by atoms with Gasteiger partial charge in [-0.1, -0.05) is 72.9 Å². The Balaban J connectivity index is 1.86. The second kappa shape index (κ2) is 12.1. The van der Waals surface area contributed by atoms with Gasteiger partial charge in [-0.15, -0.1) is 0 Å². The second-order valence-electron chi connectivity index (χ2n) is 10.9. The van der Waals surface area contributed by atoms with E-state index in [4.69, 9.17) is 4.18 Å². The summed E-state index contributed by atoms with van der Waals surface area (Å²) in [5, 5.41) is 13.5. The molecular weight excluding hydrogens is 472 g/mol. The number of rotatable bonds is 9. The molecule has 1 fully saturated rings. The summed E-state index contributed by atoms with van der Waals surface area (Å²) >= 11 is -1.90. The predicted octanol–water partition coefficient (Wildman–Crippen LogP) is 7.20. The smallest absolute Gasteiger partial charge is 0.316 e. The van der Waals surface area contributed by atoms with E-state index in [1.54, 1.807) is 13.0 Å². The third-order valence-electron chi connectivity index (χ3n) is 6.96. The fraction of sp³-hybridized carbons (Fsp3) is 0.552. The first kappa shape index (κ1) is 28.0. The zero-order chi connectivity index (χ0) is 26.6. The van der Waals surface area contributed by atoms with E-state index >= 15 is 0 Å². The molecule has 7 heteroatoms. The van der Waals surface area contributed by atoms with Crippen molar-refractivity contribution in [3.8, 4) is 11.5 Å². The summed E-state index contributed by atoms with van der Waals surface area (Å²) in [5.41, 5.74) is 4.59. The van der Waals surface area contributed by atoms with Crippen LogP contribution < -0.4 is 14.2 Å². The van der Waals surface area contributed by atoms with Crippen molar-refractivity contribution in [2.24, 2.45) is 0 Å². The van der Waals surface area contributed by atoms with Gasteiger partial charge in [-0.25, -0.2) is 0 Å². The van der Waals surface area contributed by atoms with Gasteiger partial charge in [-0.2, -0.15) is 4.21 Å². The van der Waals surface area contributed by atoms with Crippen molar-refractivity contribution in [1.29, 1.82) is 0 Å². The molecule has 1 atom stereocenters. The molecule has 1 aliphatic carbocycles. The van der Waals surface area contributed by atoms with Crippen LogP contribution in [-0.4, -0.2) is 21.3 Å². The first-order valence-corrected chi connectivity index (χ1v) is 14.2. The average Bonchev–Trinajstić information content (AvgIpc) is 2.80. The highest BCUT2D eigenvalue weighted by atomic mass is 32.2. The number of nitrogens with one attached hydrogen (secondary N) is 2. The lowest BCUT2D eigenvalue weighted by molar-refractivity contribution is 0.0925. The van der Waals surface area contributed by atoms with Gasteiger partial charge in [0.1, 0.15) is 11.5 Å². The van der Waals surface area contributed by atoms with E-state index in [-0.39, 0.29) is 35.1 Å². The molecule has 198 valence electrons. The predicted molar refractivity (Wildman–Crippen MR) is 148 cm³/mol. The molecule has 0 bridgehead atoms. The van der Waals surface area contributed by atoms with Gasteiger partial charge in [0, 0.05) is 6.04 Å². The van der Waals surface area contributed by atoms with Gasteiger partial charge in [0.25, 0.3) is 5.91 Å². The van der Waals surface area contributed by atoms with Gasteiger partial charge in [-0.05, 0) is 71.9 Å². The third-order valence-corrected chi connectivity index (χ3v) is 7.66. The summed E-state index contributed by atoms with van der Waals surface area (Å²) in [7, 11) is 0. The van der Waals surface area contributed by atoms with Gasteiger partial charge in [0.2, 0.25) is 0 Å². The lowest BCUT2D eigenvalue weighted by Crippen LogP contribution is -2.36. The van der Waals surface area contributed by atoms with Crippen molar-refractivity contribution in [3.05, 3.63) is 52.1 Å². The maximum atomic E-state index is 13.2. The number of hydrogen-bond acceptors (Lipinski definition) is 4. The monoisotopic (exact) mass is 514 g/mol. The second-order valence-corrected chi connectivity index (χ2v) is 11.7. The maximum Gasteiger partial charge on any atom is 0.316 e. The molecular formula is C29H42N2O4S. The molecule has 0 heterocycles. The summed E-state index contributed by atoms with van der Waals surface area (Å²) < 4.78 is 22.2. The van der Waals surface area contributed by atoms with E-state index in [1.165, 1.54) is 18.1 Å². The summed E-state index contributed by atoms with van der Waals surface area (Å²) in [6.45, 7) is 14.5. The van der Waals surface area contributed by atoms with Gasteiger partial charge >= 0.3 is 11.3 Å². The van der Waals surface area contributed by atoms with Crippen molar-refractivity contribution >= 4 is 22.9 Å². The number of carbonyl (C=O) groups is 1. The minimum Gasteiger partial charge on any atom is -0.507 e. The average molecular weight is 515 g/mol. The Bertz CT molecular complexity index is 1080. The molecule has 36 heavy (non-hydrogen) atoms. The SMILES string of the molecule is Cc1cc(O)c(C(=O)NC2CCCCC2)cc1NS(=O)Oc1c(C(C)C)cc(C(C)C)cc1C(C)C. The highest BCUT2D eigenvalue weighted by molar-refractivity contribution is 7.82. The molecule has 3 N–H and O–H groups in total. The molecule has 6 nitrogen and oxygen atoms in total. The van der Waals surface area contributed by atoms with Crippen LogP contribution in [0.4, 0.5) is 5.69 Å². The van der Waals surface area contributed by atoms with Gasteiger partial charge in [-0.3, -0.25) is 9.52 Å². The van der Waals surface area contributed by atoms with Crippen LogP contribution in [0.3, 0.4) is 0 Å². The summed E-state index contributed by atoms with van der Waals surface area (Å²) in [5.74, 6) is 0.990. The van der Waals surface area contributed by atoms with Crippen LogP contribution in [0.1, 0.15) is 124 Å². The minimum absolute atomic E-state index is 0.0912. The number of anilines is 1. The molecule has 0 aliphatic heterocycles. The lowest BCUT2D eigenvalue weighted by atomic mass is 9.88. The lowest BCUT2D eigenvalue weighted by Gasteiger charge is -2.23. The highest BCUT2D eigenvalue weighted by Gasteiger charge is 2.23. The number of aryl methyl sites for hydroxylation is 1. The molecule has 1 aliphatic rings. The van der Waals surface area contributed by atoms with Crippen LogP contribution in [0.15, 0.2) is 24.3 Å². The summed E-state index contributed by atoms with van der Waals surface area (Å²) in [6.07, 6.45) is 5.30. The zero-order valence-corrected chi connectivity index (χ0v) is 23.6. The molecule has 1 unspecified atom stereocenters. The number of carbonyl (C=O) groups excluding carboxylic acids is 1. The Morgan fingerprint density at radius 1 is 0.944 bits per heavy atom. The number of aromatic hydroxyl groups is 1. The zero-order valence-electron chi connectivity index (χ0n) is 22.7. The number of benzene rings is 2. The Hall–Kier alpha value is -2.54. The van der Waals surface area contributed by atoms with Crippen molar-refractivity contribution in [1.82, 2.24) is 5.32 Å². The maximum absolute atomic E-state index is 13.2. The van der Waals surface area contributed by atoms with Crippen LogP contribution in [-0.2, 0) is 11.3 Å². The molecule has 1 saturated carbocycles. The van der Waals surface area contributed by atoms with Crippen molar-refractivity contribution in [3.63, 3.8) is 0 Å². The number of amides is 1. The first-order valence-electron chi connectivity index (χ1n) is 13.2. The van der Waals surface area contributed by atoms with E-state index in [2.05, 4.69) is 63.7 Å². The molecule has 2 aromatic rings. The molecule has 0 aromatic heterocycles. The van der Waals surface area contributed by atoms with Crippen LogP contribution in [0, 0.1) is 6.92 Å². The number of hydrogen-bond donors (Lipinski definition) is 3. The molecule has 0 spiro atoms. The van der Waals surface area contributed by atoms with E-state index in [0.717, 1.165) is 36.8 Å². The Morgan fingerprint density at radius 3 is 2.06 bits per heavy atom. The highest BCUT2D eigenvalue weighted by Crippen LogP contribution is 2.38. The normalized spacial score (nSPS) is 15.4.